The van der Waals surface area contributed by atoms with Gasteiger partial charge in [-0.25, -0.2) is 4.98 Å². The minimum atomic E-state index is 0.384. The second-order valence-corrected chi connectivity index (χ2v) is 5.73. The monoisotopic (exact) mass is 327 g/mol. The Hall–Kier alpha value is -0.980. The second-order valence-electron chi connectivity index (χ2n) is 3.38. The van der Waals surface area contributed by atoms with Crippen molar-refractivity contribution in [2.45, 2.75) is 6.54 Å². The number of anilines is 1. The molecule has 88 valence electrons. The summed E-state index contributed by atoms with van der Waals surface area (Å²) in [6, 6.07) is 5.73. The van der Waals surface area contributed by atoms with Crippen LogP contribution in [0.5, 0.6) is 0 Å². The highest BCUT2D eigenvalue weighted by Crippen LogP contribution is 2.20. The van der Waals surface area contributed by atoms with Gasteiger partial charge >= 0.3 is 0 Å². The number of nitrogens with one attached hydrogen (secondary N) is 1. The molecule has 0 amide bonds. The lowest BCUT2D eigenvalue weighted by Crippen LogP contribution is -2.10. The fraction of sp³-hybridized carbons (Fsp3) is 0.0909. The van der Waals surface area contributed by atoms with Crippen LogP contribution in [0.25, 0.3) is 0 Å². The quantitative estimate of drug-likeness (QED) is 0.847. The number of hydrogen-bond acceptors (Lipinski definition) is 4. The zero-order valence-electron chi connectivity index (χ0n) is 8.81. The van der Waals surface area contributed by atoms with Crippen molar-refractivity contribution in [2.24, 2.45) is 5.73 Å². The number of thiophene rings is 1. The van der Waals surface area contributed by atoms with Gasteiger partial charge in [0.05, 0.1) is 6.54 Å². The molecule has 2 aromatic heterocycles. The van der Waals surface area contributed by atoms with Crippen LogP contribution in [0.3, 0.4) is 0 Å². The van der Waals surface area contributed by atoms with Crippen LogP contribution in [-0.4, -0.2) is 9.97 Å². The predicted octanol–water partition coefficient (Wildman–Crippen LogP) is 3.15. The Balaban J connectivity index is 2.04. The van der Waals surface area contributed by atoms with E-state index in [1.807, 2.05) is 6.07 Å². The SMILES string of the molecule is NC(=S)c1ccnc(NCc2cc(Br)cs2)c1. The fourth-order valence-corrected chi connectivity index (χ4v) is 2.82. The second kappa shape index (κ2) is 5.57. The maximum atomic E-state index is 5.56. The summed E-state index contributed by atoms with van der Waals surface area (Å²) in [4.78, 5) is 5.83. The molecule has 0 radical (unpaired) electrons. The Morgan fingerprint density at radius 1 is 1.53 bits per heavy atom. The van der Waals surface area contributed by atoms with E-state index in [-0.39, 0.29) is 0 Å². The molecule has 0 atom stereocenters. The highest BCUT2D eigenvalue weighted by molar-refractivity contribution is 9.10. The normalized spacial score (nSPS) is 10.2. The van der Waals surface area contributed by atoms with Crippen LogP contribution in [0.15, 0.2) is 34.2 Å². The van der Waals surface area contributed by atoms with Gasteiger partial charge in [-0.1, -0.05) is 12.2 Å². The molecule has 3 N–H and O–H groups in total. The summed E-state index contributed by atoms with van der Waals surface area (Å²) in [6.07, 6.45) is 1.70. The van der Waals surface area contributed by atoms with Gasteiger partial charge in [0.2, 0.25) is 0 Å². The molecule has 0 saturated heterocycles. The summed E-state index contributed by atoms with van der Waals surface area (Å²) in [6.45, 7) is 0.740. The number of nitrogens with two attached hydrogens (primary N) is 1. The number of pyridine rings is 1. The summed E-state index contributed by atoms with van der Waals surface area (Å²) < 4.78 is 1.10. The van der Waals surface area contributed by atoms with Gasteiger partial charge in [0.25, 0.3) is 0 Å². The van der Waals surface area contributed by atoms with Crippen molar-refractivity contribution in [3.05, 3.63) is 44.7 Å². The number of hydrogen-bond donors (Lipinski definition) is 2. The van der Waals surface area contributed by atoms with E-state index in [2.05, 4.69) is 37.7 Å². The Labute approximate surface area is 117 Å². The van der Waals surface area contributed by atoms with E-state index in [4.69, 9.17) is 18.0 Å². The standard InChI is InChI=1S/C11H10BrN3S2/c12-8-4-9(17-6-8)5-15-10-3-7(11(13)16)1-2-14-10/h1-4,6H,5H2,(H2,13,16)(H,14,15). The molecule has 0 saturated carbocycles. The number of thiocarbonyl (C=S) groups is 1. The summed E-state index contributed by atoms with van der Waals surface area (Å²) in [5.74, 6) is 0.778. The Morgan fingerprint density at radius 3 is 3.00 bits per heavy atom. The topological polar surface area (TPSA) is 50.9 Å². The first-order valence-electron chi connectivity index (χ1n) is 4.88. The molecule has 3 nitrogen and oxygen atoms in total. The molecule has 2 rings (SSSR count). The lowest BCUT2D eigenvalue weighted by molar-refractivity contribution is 1.14. The van der Waals surface area contributed by atoms with Crippen molar-refractivity contribution in [3.63, 3.8) is 0 Å². The van der Waals surface area contributed by atoms with Crippen molar-refractivity contribution < 1.29 is 0 Å². The predicted molar refractivity (Wildman–Crippen MR) is 79.5 cm³/mol. The molecule has 0 aliphatic heterocycles. The molecule has 0 aliphatic rings. The Kier molecular flexibility index (Phi) is 4.09. The summed E-state index contributed by atoms with van der Waals surface area (Å²) in [7, 11) is 0. The van der Waals surface area contributed by atoms with Crippen molar-refractivity contribution in [2.75, 3.05) is 5.32 Å². The van der Waals surface area contributed by atoms with E-state index in [1.54, 1.807) is 23.6 Å². The average Bonchev–Trinajstić information content (AvgIpc) is 2.73. The van der Waals surface area contributed by atoms with Crippen molar-refractivity contribution in [3.8, 4) is 0 Å². The summed E-state index contributed by atoms with van der Waals surface area (Å²) >= 11 is 10.0. The van der Waals surface area contributed by atoms with Gasteiger partial charge in [-0.05, 0) is 34.1 Å². The molecular formula is C11H10BrN3S2. The lowest BCUT2D eigenvalue weighted by atomic mass is 10.2. The first kappa shape index (κ1) is 12.5. The van der Waals surface area contributed by atoms with E-state index < -0.39 is 0 Å². The molecule has 0 spiro atoms. The lowest BCUT2D eigenvalue weighted by Gasteiger charge is -2.05. The third-order valence-corrected chi connectivity index (χ3v) is 4.04. The van der Waals surface area contributed by atoms with E-state index in [0.29, 0.717) is 4.99 Å². The molecule has 0 bridgehead atoms. The van der Waals surface area contributed by atoms with Crippen LogP contribution < -0.4 is 11.1 Å². The maximum absolute atomic E-state index is 5.56. The van der Waals surface area contributed by atoms with E-state index in [0.717, 1.165) is 22.4 Å². The molecule has 2 aromatic rings. The van der Waals surface area contributed by atoms with Crippen LogP contribution in [0.4, 0.5) is 5.82 Å². The van der Waals surface area contributed by atoms with Crippen LogP contribution in [0.1, 0.15) is 10.4 Å². The van der Waals surface area contributed by atoms with Gasteiger partial charge in [-0.2, -0.15) is 0 Å². The number of rotatable bonds is 4. The van der Waals surface area contributed by atoms with Crippen LogP contribution in [-0.2, 0) is 6.54 Å². The first-order chi connectivity index (χ1) is 8.15. The Bertz CT molecular complexity index is 539. The zero-order valence-corrected chi connectivity index (χ0v) is 12.0. The fourth-order valence-electron chi connectivity index (χ4n) is 1.30. The summed E-state index contributed by atoms with van der Waals surface area (Å²) in [5, 5.41) is 5.28. The average molecular weight is 328 g/mol. The number of halogens is 1. The molecule has 6 heteroatoms. The van der Waals surface area contributed by atoms with Gasteiger partial charge in [0.15, 0.2) is 0 Å². The van der Waals surface area contributed by atoms with E-state index in [1.165, 1.54) is 4.88 Å². The van der Waals surface area contributed by atoms with Crippen molar-refractivity contribution in [1.29, 1.82) is 0 Å². The molecule has 2 heterocycles. The number of nitrogens with zero attached hydrogens (tertiary/aromatic N) is 1. The molecular weight excluding hydrogens is 318 g/mol. The molecule has 0 unspecified atom stereocenters. The highest BCUT2D eigenvalue weighted by atomic mass is 79.9. The maximum Gasteiger partial charge on any atom is 0.126 e. The Morgan fingerprint density at radius 2 is 2.35 bits per heavy atom. The largest absolute Gasteiger partial charge is 0.389 e. The van der Waals surface area contributed by atoms with Crippen LogP contribution in [0, 0.1) is 0 Å². The zero-order chi connectivity index (χ0) is 12.3. The van der Waals surface area contributed by atoms with Crippen LogP contribution in [0.2, 0.25) is 0 Å². The molecule has 0 fully saturated rings. The third kappa shape index (κ3) is 3.49. The number of aromatic nitrogens is 1. The van der Waals surface area contributed by atoms with Gasteiger partial charge in [0, 0.05) is 26.5 Å². The minimum Gasteiger partial charge on any atom is -0.389 e. The van der Waals surface area contributed by atoms with Gasteiger partial charge < -0.3 is 11.1 Å². The van der Waals surface area contributed by atoms with Crippen LogP contribution >= 0.6 is 39.5 Å². The van der Waals surface area contributed by atoms with Crippen molar-refractivity contribution in [1.82, 2.24) is 4.98 Å². The summed E-state index contributed by atoms with van der Waals surface area (Å²) in [5.41, 5.74) is 6.39. The van der Waals surface area contributed by atoms with Gasteiger partial charge in [0.1, 0.15) is 10.8 Å². The smallest absolute Gasteiger partial charge is 0.126 e. The third-order valence-electron chi connectivity index (χ3n) is 2.11. The van der Waals surface area contributed by atoms with Crippen molar-refractivity contribution >= 4 is 50.3 Å². The first-order valence-corrected chi connectivity index (χ1v) is 6.96. The van der Waals surface area contributed by atoms with E-state index in [9.17, 15) is 0 Å². The molecule has 0 aromatic carbocycles. The minimum absolute atomic E-state index is 0.384. The molecule has 0 aliphatic carbocycles. The van der Waals surface area contributed by atoms with E-state index >= 15 is 0 Å². The van der Waals surface area contributed by atoms with Gasteiger partial charge in [-0.15, -0.1) is 11.3 Å². The highest BCUT2D eigenvalue weighted by Gasteiger charge is 2.01. The van der Waals surface area contributed by atoms with Gasteiger partial charge in [-0.3, -0.25) is 0 Å². The molecule has 17 heavy (non-hydrogen) atoms.